The summed E-state index contributed by atoms with van der Waals surface area (Å²) < 4.78 is 60.1. The smallest absolute Gasteiger partial charge is 0.329 e. The normalized spacial score (nSPS) is 18.5. The first-order valence-corrected chi connectivity index (χ1v) is 22.8. The van der Waals surface area contributed by atoms with Crippen LogP contribution in [0.3, 0.4) is 0 Å². The SMILES string of the molecule is Cn1c(=O)n(C2CCC(=O)NC2=O)c2ccc(C3CCN([C@@H](COCc4ccccc4)C(=O)Nc4ccc5c(F)c(N6CC(=O)NS6(=O)=O)c(OCc6ccccc6)cc5c4)CC3)cc21. The van der Waals surface area contributed by atoms with E-state index < -0.39 is 52.2 Å². The van der Waals surface area contributed by atoms with Crippen LogP contribution < -0.4 is 30.1 Å². The topological polar surface area (TPSA) is 190 Å². The van der Waals surface area contributed by atoms with Gasteiger partial charge in [0, 0.05) is 24.5 Å². The van der Waals surface area contributed by atoms with Crippen LogP contribution in [0.2, 0.25) is 0 Å². The molecular weight excluding hydrogens is 858 g/mol. The number of ether oxygens (including phenoxy) is 2. The number of hydrogen-bond acceptors (Lipinski definition) is 10. The maximum absolute atomic E-state index is 16.5. The molecule has 0 spiro atoms. The van der Waals surface area contributed by atoms with Crippen LogP contribution >= 0.6 is 0 Å². The Balaban J connectivity index is 0.953. The van der Waals surface area contributed by atoms with Gasteiger partial charge in [0.15, 0.2) is 5.82 Å². The van der Waals surface area contributed by atoms with Gasteiger partial charge in [-0.2, -0.15) is 8.42 Å². The molecule has 0 saturated carbocycles. The lowest BCUT2D eigenvalue weighted by Crippen LogP contribution is -2.50. The number of rotatable bonds is 13. The highest BCUT2D eigenvalue weighted by Crippen LogP contribution is 2.41. The number of fused-ring (bicyclic) bond motifs is 2. The van der Waals surface area contributed by atoms with Gasteiger partial charge in [-0.1, -0.05) is 66.7 Å². The van der Waals surface area contributed by atoms with Crippen LogP contribution in [0.1, 0.15) is 54.3 Å². The molecule has 1 unspecified atom stereocenters. The fourth-order valence-corrected chi connectivity index (χ4v) is 10.1. The number of aryl methyl sites for hydroxylation is 1. The summed E-state index contributed by atoms with van der Waals surface area (Å²) in [5.41, 5.74) is 3.64. The highest BCUT2D eigenvalue weighted by molar-refractivity contribution is 7.92. The number of nitrogens with zero attached hydrogens (tertiary/aromatic N) is 4. The third-order valence-corrected chi connectivity index (χ3v) is 13.7. The molecule has 0 radical (unpaired) electrons. The van der Waals surface area contributed by atoms with Crippen molar-refractivity contribution in [3.63, 3.8) is 0 Å². The maximum atomic E-state index is 16.5. The molecule has 3 saturated heterocycles. The van der Waals surface area contributed by atoms with Crippen LogP contribution in [0.25, 0.3) is 21.8 Å². The summed E-state index contributed by atoms with van der Waals surface area (Å²) in [6.07, 6.45) is 1.80. The second kappa shape index (κ2) is 17.9. The molecule has 18 heteroatoms. The van der Waals surface area contributed by atoms with Crippen LogP contribution in [0.5, 0.6) is 5.75 Å². The quantitative estimate of drug-likeness (QED) is 0.136. The van der Waals surface area contributed by atoms with Crippen molar-refractivity contribution >= 4 is 67.0 Å². The predicted octanol–water partition coefficient (Wildman–Crippen LogP) is 4.77. The molecule has 65 heavy (non-hydrogen) atoms. The van der Waals surface area contributed by atoms with Gasteiger partial charge >= 0.3 is 15.9 Å². The molecule has 3 N–H and O–H groups in total. The minimum atomic E-state index is -4.39. The van der Waals surface area contributed by atoms with Crippen LogP contribution in [0, 0.1) is 5.82 Å². The number of imide groups is 1. The molecule has 4 heterocycles. The van der Waals surface area contributed by atoms with Crippen LogP contribution in [-0.2, 0) is 54.4 Å². The zero-order valence-corrected chi connectivity index (χ0v) is 36.2. The number of halogens is 1. The standard InChI is InChI=1S/C47H46FN7O9S/c1-52-38-23-32(12-15-36(38)55(47(52)60)37-16-17-41(56)50-45(37)58)31-18-20-53(21-19-31)39(28-63-26-29-8-4-2-5-9-29)46(59)49-34-13-14-35-33(22-34)24-40(64-27-30-10-6-3-7-11-30)44(43(35)48)54-25-42(57)51-65(54,61)62/h2-15,22-24,31,37,39H,16-21,25-28H2,1H3,(H,49,59)(H,51,57)(H,50,56,58)/t37?,39-/m0/s1. The summed E-state index contributed by atoms with van der Waals surface area (Å²) in [4.78, 5) is 66.5. The van der Waals surface area contributed by atoms with Gasteiger partial charge in [0.2, 0.25) is 17.7 Å². The van der Waals surface area contributed by atoms with Gasteiger partial charge in [-0.3, -0.25) is 38.5 Å². The third kappa shape index (κ3) is 8.84. The van der Waals surface area contributed by atoms with Crippen molar-refractivity contribution in [3.8, 4) is 5.75 Å². The number of carbonyl (C=O) groups excluding carboxylic acids is 4. The second-order valence-electron chi connectivity index (χ2n) is 16.5. The van der Waals surface area contributed by atoms with E-state index in [0.29, 0.717) is 52.3 Å². The third-order valence-electron chi connectivity index (χ3n) is 12.4. The Labute approximate surface area is 373 Å². The van der Waals surface area contributed by atoms with E-state index in [1.54, 1.807) is 25.2 Å². The van der Waals surface area contributed by atoms with E-state index >= 15 is 4.39 Å². The summed E-state index contributed by atoms with van der Waals surface area (Å²) in [6.45, 7) is 0.830. The Morgan fingerprint density at radius 1 is 0.846 bits per heavy atom. The maximum Gasteiger partial charge on any atom is 0.329 e. The molecule has 2 atom stereocenters. The Hall–Kier alpha value is -6.89. The van der Waals surface area contributed by atoms with Gasteiger partial charge in [0.1, 0.15) is 36.7 Å². The Kier molecular flexibility index (Phi) is 12.0. The van der Waals surface area contributed by atoms with Crippen LogP contribution in [0.15, 0.2) is 108 Å². The van der Waals surface area contributed by atoms with Gasteiger partial charge in [0.05, 0.1) is 24.2 Å². The summed E-state index contributed by atoms with van der Waals surface area (Å²) in [7, 11) is -2.72. The molecule has 5 aromatic carbocycles. The minimum absolute atomic E-state index is 0.0157. The number of piperidine rings is 2. The molecule has 0 aliphatic carbocycles. The molecule has 4 amide bonds. The van der Waals surface area contributed by atoms with E-state index in [2.05, 4.69) is 15.5 Å². The largest absolute Gasteiger partial charge is 0.487 e. The zero-order valence-electron chi connectivity index (χ0n) is 35.4. The first-order valence-electron chi connectivity index (χ1n) is 21.3. The molecule has 6 aromatic rings. The highest BCUT2D eigenvalue weighted by atomic mass is 32.2. The van der Waals surface area contributed by atoms with Gasteiger partial charge in [-0.05, 0) is 96.7 Å². The molecule has 3 aliphatic rings. The number of carbonyl (C=O) groups is 4. The zero-order chi connectivity index (χ0) is 45.4. The summed E-state index contributed by atoms with van der Waals surface area (Å²) in [5.74, 6) is -2.90. The summed E-state index contributed by atoms with van der Waals surface area (Å²) in [6, 6.07) is 29.1. The van der Waals surface area contributed by atoms with E-state index in [9.17, 15) is 32.4 Å². The molecule has 3 fully saturated rings. The van der Waals surface area contributed by atoms with Crippen molar-refractivity contribution in [3.05, 3.63) is 136 Å². The molecule has 16 nitrogen and oxygen atoms in total. The van der Waals surface area contributed by atoms with Crippen LogP contribution in [-0.4, -0.2) is 78.4 Å². The predicted molar refractivity (Wildman–Crippen MR) is 240 cm³/mol. The van der Waals surface area contributed by atoms with E-state index in [1.807, 2.05) is 71.5 Å². The number of anilines is 2. The van der Waals surface area contributed by atoms with E-state index in [4.69, 9.17) is 9.47 Å². The van der Waals surface area contributed by atoms with E-state index in [-0.39, 0.29) is 67.2 Å². The average molecular weight is 904 g/mol. The number of aromatic nitrogens is 2. The number of likely N-dealkylation sites (tertiary alicyclic amines) is 1. The number of imidazole rings is 1. The first-order chi connectivity index (χ1) is 31.3. The number of hydrogen-bond donors (Lipinski definition) is 3. The monoisotopic (exact) mass is 903 g/mol. The van der Waals surface area contributed by atoms with Crippen molar-refractivity contribution in [1.29, 1.82) is 0 Å². The fraction of sp³-hybridized carbons (Fsp3) is 0.298. The lowest BCUT2D eigenvalue weighted by Gasteiger charge is -2.37. The minimum Gasteiger partial charge on any atom is -0.487 e. The lowest BCUT2D eigenvalue weighted by atomic mass is 9.88. The molecule has 3 aliphatic heterocycles. The molecule has 336 valence electrons. The lowest BCUT2D eigenvalue weighted by molar-refractivity contribution is -0.135. The Morgan fingerprint density at radius 3 is 2.23 bits per heavy atom. The Bertz CT molecular complexity index is 3010. The van der Waals surface area contributed by atoms with Crippen LogP contribution in [0.4, 0.5) is 15.8 Å². The van der Waals surface area contributed by atoms with Crippen molar-refractivity contribution in [2.24, 2.45) is 7.05 Å². The number of amides is 4. The number of benzene rings is 5. The van der Waals surface area contributed by atoms with Gasteiger partial charge < -0.3 is 14.8 Å². The summed E-state index contributed by atoms with van der Waals surface area (Å²) >= 11 is 0. The first kappa shape index (κ1) is 43.4. The van der Waals surface area contributed by atoms with Crippen molar-refractivity contribution in [2.75, 3.05) is 35.9 Å². The van der Waals surface area contributed by atoms with Crippen molar-refractivity contribution in [2.45, 2.75) is 56.9 Å². The highest BCUT2D eigenvalue weighted by Gasteiger charge is 2.39. The Morgan fingerprint density at radius 2 is 1.55 bits per heavy atom. The fourth-order valence-electron chi connectivity index (χ4n) is 8.97. The average Bonchev–Trinajstić information content (AvgIpc) is 3.72. The number of nitrogens with one attached hydrogen (secondary N) is 3. The van der Waals surface area contributed by atoms with E-state index in [1.165, 1.54) is 27.3 Å². The van der Waals surface area contributed by atoms with Gasteiger partial charge in [-0.25, -0.2) is 18.2 Å². The van der Waals surface area contributed by atoms with Gasteiger partial charge in [-0.15, -0.1) is 0 Å². The molecule has 9 rings (SSSR count). The molecular formula is C47H46FN7O9S. The molecule has 0 bridgehead atoms. The molecule has 1 aromatic heterocycles. The second-order valence-corrected chi connectivity index (χ2v) is 18.1. The summed E-state index contributed by atoms with van der Waals surface area (Å²) in [5, 5.41) is 5.73. The van der Waals surface area contributed by atoms with Gasteiger partial charge in [0.25, 0.3) is 5.91 Å². The van der Waals surface area contributed by atoms with Crippen molar-refractivity contribution in [1.82, 2.24) is 24.1 Å². The van der Waals surface area contributed by atoms with Crippen molar-refractivity contribution < 1.29 is 41.5 Å². The van der Waals surface area contributed by atoms with E-state index in [0.717, 1.165) is 16.7 Å².